The van der Waals surface area contributed by atoms with Gasteiger partial charge >= 0.3 is 0 Å². The zero-order valence-electron chi connectivity index (χ0n) is 7.99. The predicted molar refractivity (Wildman–Crippen MR) is 59.8 cm³/mol. The molecule has 1 aromatic rings. The number of thiocarbonyl (C=S) groups is 1. The van der Waals surface area contributed by atoms with Crippen LogP contribution in [0.25, 0.3) is 0 Å². The molecule has 1 aromatic carbocycles. The number of hydrogen-bond donors (Lipinski definition) is 0. The highest BCUT2D eigenvalue weighted by Gasteiger charge is 2.01. The van der Waals surface area contributed by atoms with Crippen LogP contribution in [0.1, 0.15) is 29.3 Å². The number of aliphatic imine (C=N–C) groups is 1. The molecule has 0 spiro atoms. The van der Waals surface area contributed by atoms with Crippen LogP contribution in [0, 0.1) is 0 Å². The Balaban J connectivity index is 2.82. The van der Waals surface area contributed by atoms with E-state index >= 15 is 0 Å². The maximum atomic E-state index is 11.2. The van der Waals surface area contributed by atoms with Gasteiger partial charge in [-0.15, -0.1) is 0 Å². The number of benzene rings is 1. The van der Waals surface area contributed by atoms with Crippen molar-refractivity contribution in [2.24, 2.45) is 4.99 Å². The smallest absolute Gasteiger partial charge is 0.266 e. The summed E-state index contributed by atoms with van der Waals surface area (Å²) in [5, 5.41) is 2.06. The second-order valence-corrected chi connectivity index (χ2v) is 3.14. The summed E-state index contributed by atoms with van der Waals surface area (Å²) in [6, 6.07) is 7.41. The van der Waals surface area contributed by atoms with Crippen LogP contribution in [0.3, 0.4) is 0 Å². The lowest BCUT2D eigenvalue weighted by Gasteiger charge is -1.98. The Morgan fingerprint density at radius 3 is 2.57 bits per heavy atom. The number of isothiocyanates is 1. The Hall–Kier alpha value is -1.31. The minimum absolute atomic E-state index is 0.331. The van der Waals surface area contributed by atoms with Gasteiger partial charge in [-0.1, -0.05) is 25.5 Å². The molecule has 0 saturated heterocycles. The van der Waals surface area contributed by atoms with Crippen LogP contribution >= 0.6 is 12.2 Å². The van der Waals surface area contributed by atoms with Gasteiger partial charge in [0, 0.05) is 5.56 Å². The number of carbonyl (C=O) groups is 1. The molecule has 3 heteroatoms. The van der Waals surface area contributed by atoms with E-state index in [4.69, 9.17) is 0 Å². The minimum atomic E-state index is -0.331. The Kier molecular flexibility index (Phi) is 4.17. The number of carbonyl (C=O) groups excluding carboxylic acids is 1. The summed E-state index contributed by atoms with van der Waals surface area (Å²) in [7, 11) is 0. The number of aryl methyl sites for hydroxylation is 1. The molecule has 0 radical (unpaired) electrons. The van der Waals surface area contributed by atoms with Gasteiger partial charge in [0.05, 0.1) is 5.16 Å². The second kappa shape index (κ2) is 5.43. The maximum Gasteiger partial charge on any atom is 0.285 e. The zero-order valence-corrected chi connectivity index (χ0v) is 8.80. The van der Waals surface area contributed by atoms with Crippen LogP contribution in [-0.2, 0) is 6.42 Å². The van der Waals surface area contributed by atoms with E-state index in [-0.39, 0.29) is 5.91 Å². The first kappa shape index (κ1) is 10.8. The summed E-state index contributed by atoms with van der Waals surface area (Å²) >= 11 is 4.36. The van der Waals surface area contributed by atoms with Crippen LogP contribution in [0.4, 0.5) is 0 Å². The Morgan fingerprint density at radius 2 is 2.07 bits per heavy atom. The van der Waals surface area contributed by atoms with Crippen molar-refractivity contribution in [2.75, 3.05) is 0 Å². The molecule has 0 bridgehead atoms. The molecule has 0 aliphatic carbocycles. The summed E-state index contributed by atoms with van der Waals surface area (Å²) in [5.41, 5.74) is 1.79. The molecular weight excluding hydrogens is 194 g/mol. The maximum absolute atomic E-state index is 11.2. The number of amides is 1. The van der Waals surface area contributed by atoms with Crippen molar-refractivity contribution >= 4 is 23.3 Å². The average Bonchev–Trinajstić information content (AvgIpc) is 2.20. The first-order chi connectivity index (χ1) is 6.77. The van der Waals surface area contributed by atoms with Gasteiger partial charge in [0.25, 0.3) is 5.91 Å². The van der Waals surface area contributed by atoms with Gasteiger partial charge in [-0.05, 0) is 36.3 Å². The lowest BCUT2D eigenvalue weighted by Crippen LogP contribution is -1.94. The predicted octanol–water partition coefficient (Wildman–Crippen LogP) is 2.88. The van der Waals surface area contributed by atoms with Gasteiger partial charge in [-0.25, -0.2) is 0 Å². The van der Waals surface area contributed by atoms with E-state index in [0.717, 1.165) is 12.8 Å². The van der Waals surface area contributed by atoms with Gasteiger partial charge in [-0.2, -0.15) is 4.99 Å². The fourth-order valence-electron chi connectivity index (χ4n) is 1.21. The molecule has 72 valence electrons. The van der Waals surface area contributed by atoms with Gasteiger partial charge in [0.2, 0.25) is 0 Å². The van der Waals surface area contributed by atoms with E-state index in [1.165, 1.54) is 5.56 Å². The molecule has 1 rings (SSSR count). The van der Waals surface area contributed by atoms with E-state index in [0.29, 0.717) is 5.56 Å². The van der Waals surface area contributed by atoms with Crippen molar-refractivity contribution < 1.29 is 4.79 Å². The van der Waals surface area contributed by atoms with E-state index in [9.17, 15) is 4.79 Å². The summed E-state index contributed by atoms with van der Waals surface area (Å²) < 4.78 is 0. The summed E-state index contributed by atoms with van der Waals surface area (Å²) in [6.07, 6.45) is 2.14. The molecule has 0 heterocycles. The third-order valence-electron chi connectivity index (χ3n) is 1.89. The zero-order chi connectivity index (χ0) is 10.4. The van der Waals surface area contributed by atoms with Crippen LogP contribution < -0.4 is 0 Å². The molecule has 0 N–H and O–H groups in total. The fourth-order valence-corrected chi connectivity index (χ4v) is 1.29. The summed E-state index contributed by atoms with van der Waals surface area (Å²) in [5.74, 6) is -0.331. The monoisotopic (exact) mass is 205 g/mol. The van der Waals surface area contributed by atoms with Crippen LogP contribution in [0.5, 0.6) is 0 Å². The highest BCUT2D eigenvalue weighted by Crippen LogP contribution is 2.07. The Morgan fingerprint density at radius 1 is 1.43 bits per heavy atom. The lowest BCUT2D eigenvalue weighted by atomic mass is 10.1. The molecule has 0 aromatic heterocycles. The topological polar surface area (TPSA) is 29.4 Å². The normalized spacial score (nSPS) is 9.21. The molecule has 0 fully saturated rings. The summed E-state index contributed by atoms with van der Waals surface area (Å²) in [6.45, 7) is 2.12. The van der Waals surface area contributed by atoms with Crippen molar-refractivity contribution in [1.82, 2.24) is 0 Å². The third kappa shape index (κ3) is 2.87. The quantitative estimate of drug-likeness (QED) is 0.561. The first-order valence-corrected chi connectivity index (χ1v) is 4.90. The fraction of sp³-hybridized carbons (Fsp3) is 0.273. The Bertz CT molecular complexity index is 363. The number of rotatable bonds is 3. The molecule has 0 atom stereocenters. The van der Waals surface area contributed by atoms with Crippen molar-refractivity contribution in [3.05, 3.63) is 35.4 Å². The first-order valence-electron chi connectivity index (χ1n) is 4.49. The van der Waals surface area contributed by atoms with Crippen LogP contribution in [0.2, 0.25) is 0 Å². The molecule has 0 aliphatic heterocycles. The van der Waals surface area contributed by atoms with Crippen LogP contribution in [-0.4, -0.2) is 11.1 Å². The standard InChI is InChI=1S/C11H11NOS/c1-2-3-9-4-6-10(7-5-9)11(13)12-8-14/h4-7H,2-3H2,1H3. The largest absolute Gasteiger partial charge is 0.285 e. The minimum Gasteiger partial charge on any atom is -0.266 e. The SMILES string of the molecule is CCCc1ccc(C(=O)N=C=S)cc1. The molecule has 2 nitrogen and oxygen atoms in total. The molecule has 0 aliphatic rings. The van der Waals surface area contributed by atoms with Gasteiger partial charge in [0.1, 0.15) is 0 Å². The van der Waals surface area contributed by atoms with Gasteiger partial charge < -0.3 is 0 Å². The van der Waals surface area contributed by atoms with Crippen molar-refractivity contribution in [3.63, 3.8) is 0 Å². The van der Waals surface area contributed by atoms with E-state index < -0.39 is 0 Å². The highest BCUT2D eigenvalue weighted by atomic mass is 32.1. The molecule has 1 amide bonds. The third-order valence-corrected chi connectivity index (χ3v) is 1.98. The lowest BCUT2D eigenvalue weighted by molar-refractivity contribution is 0.100. The number of nitrogens with zero attached hydrogens (tertiary/aromatic N) is 1. The van der Waals surface area contributed by atoms with E-state index in [1.54, 1.807) is 12.1 Å². The number of hydrogen-bond acceptors (Lipinski definition) is 2. The van der Waals surface area contributed by atoms with E-state index in [2.05, 4.69) is 29.3 Å². The second-order valence-electron chi connectivity index (χ2n) is 2.96. The van der Waals surface area contributed by atoms with Crippen molar-refractivity contribution in [3.8, 4) is 0 Å². The van der Waals surface area contributed by atoms with Crippen LogP contribution in [0.15, 0.2) is 29.3 Å². The van der Waals surface area contributed by atoms with E-state index in [1.807, 2.05) is 12.1 Å². The van der Waals surface area contributed by atoms with Gasteiger partial charge in [-0.3, -0.25) is 4.79 Å². The molecule has 0 unspecified atom stereocenters. The summed E-state index contributed by atoms with van der Waals surface area (Å²) in [4.78, 5) is 14.6. The molecule has 0 saturated carbocycles. The average molecular weight is 205 g/mol. The molecular formula is C11H11NOS. The Labute approximate surface area is 88.7 Å². The molecule has 14 heavy (non-hydrogen) atoms. The van der Waals surface area contributed by atoms with Crippen molar-refractivity contribution in [2.45, 2.75) is 19.8 Å². The van der Waals surface area contributed by atoms with Gasteiger partial charge in [0.15, 0.2) is 0 Å². The highest BCUT2D eigenvalue weighted by molar-refractivity contribution is 7.78. The van der Waals surface area contributed by atoms with Crippen molar-refractivity contribution in [1.29, 1.82) is 0 Å².